The summed E-state index contributed by atoms with van der Waals surface area (Å²) in [6, 6.07) is 0. The van der Waals surface area contributed by atoms with E-state index < -0.39 is 0 Å². The molecule has 0 amide bonds. The molecule has 3 aliphatic rings. The minimum Gasteiger partial charge on any atom is -0.347 e. The molecule has 2 saturated carbocycles. The Morgan fingerprint density at radius 2 is 1.89 bits per heavy atom. The van der Waals surface area contributed by atoms with Crippen LogP contribution in [0.3, 0.4) is 0 Å². The molecule has 0 aromatic carbocycles. The van der Waals surface area contributed by atoms with Gasteiger partial charge in [0.25, 0.3) is 0 Å². The summed E-state index contributed by atoms with van der Waals surface area (Å²) in [4.78, 5) is 2.55. The van der Waals surface area contributed by atoms with Gasteiger partial charge in [0.05, 0.1) is 12.7 Å². The zero-order valence-electron chi connectivity index (χ0n) is 18.3. The monoisotopic (exact) mass is 377 g/mol. The van der Waals surface area contributed by atoms with Crippen LogP contribution in [0.5, 0.6) is 0 Å². The summed E-state index contributed by atoms with van der Waals surface area (Å²) in [6.45, 7) is 17.7. The molecule has 0 N–H and O–H groups in total. The third kappa shape index (κ3) is 6.05. The summed E-state index contributed by atoms with van der Waals surface area (Å²) < 4.78 is 12.8. The Balaban J connectivity index is 1.43. The van der Waals surface area contributed by atoms with Crippen molar-refractivity contribution in [3.8, 4) is 0 Å². The van der Waals surface area contributed by atoms with Gasteiger partial charge in [-0.3, -0.25) is 4.90 Å². The molecule has 1 unspecified atom stereocenters. The van der Waals surface area contributed by atoms with Crippen molar-refractivity contribution < 1.29 is 9.47 Å². The molecule has 1 saturated heterocycles. The summed E-state index contributed by atoms with van der Waals surface area (Å²) in [5.74, 6) is 2.24. The lowest BCUT2D eigenvalue weighted by molar-refractivity contribution is -0.198. The van der Waals surface area contributed by atoms with Gasteiger partial charge in [-0.1, -0.05) is 33.8 Å². The van der Waals surface area contributed by atoms with Gasteiger partial charge in [-0.2, -0.15) is 0 Å². The van der Waals surface area contributed by atoms with Gasteiger partial charge >= 0.3 is 0 Å². The predicted octanol–water partition coefficient (Wildman–Crippen LogP) is 5.65. The molecule has 1 spiro atoms. The highest BCUT2D eigenvalue weighted by atomic mass is 16.7. The molecular weight excluding hydrogens is 334 g/mol. The van der Waals surface area contributed by atoms with Gasteiger partial charge < -0.3 is 9.47 Å². The van der Waals surface area contributed by atoms with Crippen LogP contribution in [-0.2, 0) is 9.47 Å². The summed E-state index contributed by atoms with van der Waals surface area (Å²) in [6.07, 6.45) is 12.2. The van der Waals surface area contributed by atoms with Gasteiger partial charge in [0.15, 0.2) is 5.79 Å². The van der Waals surface area contributed by atoms with Crippen LogP contribution < -0.4 is 0 Å². The molecule has 1 atom stereocenters. The number of hydrogen-bond acceptors (Lipinski definition) is 3. The Kier molecular flexibility index (Phi) is 7.08. The summed E-state index contributed by atoms with van der Waals surface area (Å²) in [7, 11) is 0. The molecule has 1 heterocycles. The van der Waals surface area contributed by atoms with E-state index in [9.17, 15) is 0 Å². The van der Waals surface area contributed by atoms with E-state index in [1.165, 1.54) is 38.6 Å². The first-order valence-corrected chi connectivity index (χ1v) is 11.5. The summed E-state index contributed by atoms with van der Waals surface area (Å²) >= 11 is 0. The molecule has 0 radical (unpaired) electrons. The fourth-order valence-corrected chi connectivity index (χ4v) is 5.51. The Morgan fingerprint density at radius 3 is 2.48 bits per heavy atom. The SMILES string of the molecule is C=CCN(CCC1COC2(CCC(C(C)(C)CC(C)C)CC2)O1)CC1CC1. The predicted molar refractivity (Wildman–Crippen MR) is 113 cm³/mol. The maximum Gasteiger partial charge on any atom is 0.168 e. The van der Waals surface area contributed by atoms with Crippen molar-refractivity contribution in [3.05, 3.63) is 12.7 Å². The molecule has 0 bridgehead atoms. The average Bonchev–Trinajstić information content (AvgIpc) is 3.33. The number of hydrogen-bond donors (Lipinski definition) is 0. The van der Waals surface area contributed by atoms with Crippen LogP contribution in [0.4, 0.5) is 0 Å². The zero-order valence-corrected chi connectivity index (χ0v) is 18.3. The van der Waals surface area contributed by atoms with Gasteiger partial charge in [0.1, 0.15) is 0 Å². The number of nitrogens with zero attached hydrogens (tertiary/aromatic N) is 1. The van der Waals surface area contributed by atoms with E-state index in [0.29, 0.717) is 5.41 Å². The molecule has 156 valence electrons. The van der Waals surface area contributed by atoms with E-state index in [2.05, 4.69) is 39.2 Å². The smallest absolute Gasteiger partial charge is 0.168 e. The van der Waals surface area contributed by atoms with Crippen LogP contribution in [0.1, 0.15) is 79.1 Å². The lowest BCUT2D eigenvalue weighted by Gasteiger charge is -2.43. The molecule has 1 aliphatic heterocycles. The molecule has 3 fully saturated rings. The molecule has 0 aromatic rings. The highest BCUT2D eigenvalue weighted by Crippen LogP contribution is 2.48. The zero-order chi connectivity index (χ0) is 19.5. The van der Waals surface area contributed by atoms with Crippen molar-refractivity contribution in [3.63, 3.8) is 0 Å². The van der Waals surface area contributed by atoms with Crippen LogP contribution >= 0.6 is 0 Å². The summed E-state index contributed by atoms with van der Waals surface area (Å²) in [5.41, 5.74) is 0.432. The molecule has 3 rings (SSSR count). The summed E-state index contributed by atoms with van der Waals surface area (Å²) in [5, 5.41) is 0. The topological polar surface area (TPSA) is 21.7 Å². The Labute approximate surface area is 167 Å². The highest BCUT2D eigenvalue weighted by Gasteiger charge is 2.46. The molecule has 3 nitrogen and oxygen atoms in total. The van der Waals surface area contributed by atoms with Crippen molar-refractivity contribution in [2.75, 3.05) is 26.2 Å². The first kappa shape index (κ1) is 21.3. The van der Waals surface area contributed by atoms with Gasteiger partial charge in [0.2, 0.25) is 0 Å². The Hall–Kier alpha value is -0.380. The highest BCUT2D eigenvalue weighted by molar-refractivity contribution is 4.91. The fraction of sp³-hybridized carbons (Fsp3) is 0.917. The lowest BCUT2D eigenvalue weighted by atomic mass is 9.66. The van der Waals surface area contributed by atoms with Crippen molar-refractivity contribution in [1.29, 1.82) is 0 Å². The fourth-order valence-electron chi connectivity index (χ4n) is 5.51. The average molecular weight is 378 g/mol. The first-order valence-electron chi connectivity index (χ1n) is 11.5. The molecule has 2 aliphatic carbocycles. The van der Waals surface area contributed by atoms with Gasteiger partial charge in [-0.25, -0.2) is 0 Å². The minimum absolute atomic E-state index is 0.269. The maximum absolute atomic E-state index is 6.51. The molecular formula is C24H43NO2. The molecule has 0 aromatic heterocycles. The van der Waals surface area contributed by atoms with Crippen molar-refractivity contribution >= 4 is 0 Å². The Morgan fingerprint density at radius 1 is 1.19 bits per heavy atom. The van der Waals surface area contributed by atoms with Crippen LogP contribution in [-0.4, -0.2) is 43.0 Å². The first-order chi connectivity index (χ1) is 12.8. The van der Waals surface area contributed by atoms with Gasteiger partial charge in [-0.05, 0) is 61.7 Å². The largest absolute Gasteiger partial charge is 0.347 e. The van der Waals surface area contributed by atoms with Crippen LogP contribution in [0.2, 0.25) is 0 Å². The van der Waals surface area contributed by atoms with E-state index in [-0.39, 0.29) is 11.9 Å². The van der Waals surface area contributed by atoms with Crippen molar-refractivity contribution in [2.24, 2.45) is 23.2 Å². The molecule has 3 heteroatoms. The van der Waals surface area contributed by atoms with E-state index >= 15 is 0 Å². The quantitative estimate of drug-likeness (QED) is 0.459. The van der Waals surface area contributed by atoms with Crippen LogP contribution in [0.25, 0.3) is 0 Å². The normalized spacial score (nSPS) is 31.9. The van der Waals surface area contributed by atoms with E-state index in [1.807, 2.05) is 6.08 Å². The van der Waals surface area contributed by atoms with Crippen LogP contribution in [0.15, 0.2) is 12.7 Å². The maximum atomic E-state index is 6.51. The van der Waals surface area contributed by atoms with E-state index in [0.717, 1.165) is 56.7 Å². The standard InChI is InChI=1S/C24H43NO2/c1-6-14-25(17-20-7-8-20)15-11-22-18-26-24(27-22)12-9-21(10-13-24)23(4,5)16-19(2)3/h6,19-22H,1,7-18H2,2-5H3. The second-order valence-corrected chi connectivity index (χ2v) is 10.6. The second kappa shape index (κ2) is 8.97. The molecule has 27 heavy (non-hydrogen) atoms. The van der Waals surface area contributed by atoms with Crippen molar-refractivity contribution in [1.82, 2.24) is 4.90 Å². The lowest BCUT2D eigenvalue weighted by Crippen LogP contribution is -2.40. The number of ether oxygens (including phenoxy) is 2. The number of rotatable bonds is 10. The van der Waals surface area contributed by atoms with Gasteiger partial charge in [0, 0.05) is 32.5 Å². The van der Waals surface area contributed by atoms with Crippen molar-refractivity contribution in [2.45, 2.75) is 91.0 Å². The van der Waals surface area contributed by atoms with E-state index in [4.69, 9.17) is 9.47 Å². The van der Waals surface area contributed by atoms with E-state index in [1.54, 1.807) is 0 Å². The van der Waals surface area contributed by atoms with Gasteiger partial charge in [-0.15, -0.1) is 6.58 Å². The second-order valence-electron chi connectivity index (χ2n) is 10.6. The Bertz CT molecular complexity index is 475. The third-order valence-electron chi connectivity index (χ3n) is 7.07. The third-order valence-corrected chi connectivity index (χ3v) is 7.07. The van der Waals surface area contributed by atoms with Crippen LogP contribution in [0, 0.1) is 23.2 Å². The minimum atomic E-state index is -0.269.